The monoisotopic (exact) mass is 292 g/mol. The van der Waals surface area contributed by atoms with Gasteiger partial charge in [0.25, 0.3) is 0 Å². The Kier molecular flexibility index (Phi) is 3.41. The van der Waals surface area contributed by atoms with E-state index in [9.17, 15) is 0 Å². The van der Waals surface area contributed by atoms with Crippen molar-refractivity contribution in [1.82, 2.24) is 9.55 Å². The molecule has 0 aliphatic heterocycles. The van der Waals surface area contributed by atoms with Crippen LogP contribution in [-0.4, -0.2) is 16.7 Å². The predicted octanol–water partition coefficient (Wildman–Crippen LogP) is 4.63. The Hall–Kier alpha value is -1.22. The highest BCUT2D eigenvalue weighted by molar-refractivity contribution is 6.20. The van der Waals surface area contributed by atoms with E-state index in [0.29, 0.717) is 0 Å². The van der Waals surface area contributed by atoms with Crippen LogP contribution in [-0.2, 0) is 5.54 Å². The molecule has 1 aliphatic carbocycles. The molecule has 4 heteroatoms. The van der Waals surface area contributed by atoms with Crippen molar-refractivity contribution in [1.29, 1.82) is 0 Å². The normalized spacial score (nSPS) is 19.4. The van der Waals surface area contributed by atoms with Crippen LogP contribution < -0.4 is 4.74 Å². The summed E-state index contributed by atoms with van der Waals surface area (Å²) in [7, 11) is 1.68. The predicted molar refractivity (Wildman–Crippen MR) is 82.7 cm³/mol. The van der Waals surface area contributed by atoms with Crippen molar-refractivity contribution < 1.29 is 4.74 Å². The summed E-state index contributed by atoms with van der Waals surface area (Å²) in [6, 6.07) is 6.10. The summed E-state index contributed by atoms with van der Waals surface area (Å²) in [4.78, 5) is 4.76. The van der Waals surface area contributed by atoms with Gasteiger partial charge in [0.05, 0.1) is 23.5 Å². The summed E-state index contributed by atoms with van der Waals surface area (Å²) in [6.45, 7) is 4.32. The molecular weight excluding hydrogens is 272 g/mol. The SMILES string of the molecule is COc1ccc2c(c1)nc(C(C)Cl)n2C1(C)CCCC1. The van der Waals surface area contributed by atoms with Gasteiger partial charge in [-0.3, -0.25) is 0 Å². The third-order valence-corrected chi connectivity index (χ3v) is 4.66. The van der Waals surface area contributed by atoms with Crippen molar-refractivity contribution in [3.8, 4) is 5.75 Å². The topological polar surface area (TPSA) is 27.1 Å². The highest BCUT2D eigenvalue weighted by atomic mass is 35.5. The van der Waals surface area contributed by atoms with Crippen molar-refractivity contribution >= 4 is 22.6 Å². The number of fused-ring (bicyclic) bond motifs is 1. The van der Waals surface area contributed by atoms with Crippen LogP contribution in [0.5, 0.6) is 5.75 Å². The first-order valence-corrected chi connectivity index (χ1v) is 7.70. The largest absolute Gasteiger partial charge is 0.497 e. The maximum atomic E-state index is 6.38. The van der Waals surface area contributed by atoms with E-state index in [1.165, 1.54) is 25.7 Å². The Bertz CT molecular complexity index is 627. The molecule has 20 heavy (non-hydrogen) atoms. The van der Waals surface area contributed by atoms with Crippen LogP contribution in [0.3, 0.4) is 0 Å². The molecule has 1 aromatic carbocycles. The Balaban J connectivity index is 2.24. The van der Waals surface area contributed by atoms with Crippen LogP contribution in [0.2, 0.25) is 0 Å². The lowest BCUT2D eigenvalue weighted by molar-refractivity contribution is 0.328. The van der Waals surface area contributed by atoms with E-state index in [0.717, 1.165) is 22.6 Å². The first kappa shape index (κ1) is 13.7. The molecule has 1 aromatic heterocycles. The number of ether oxygens (including phenoxy) is 1. The molecule has 3 rings (SSSR count). The molecule has 0 N–H and O–H groups in total. The molecule has 0 radical (unpaired) electrons. The molecule has 1 heterocycles. The number of alkyl halides is 1. The van der Waals surface area contributed by atoms with E-state index < -0.39 is 0 Å². The summed E-state index contributed by atoms with van der Waals surface area (Å²) < 4.78 is 7.67. The summed E-state index contributed by atoms with van der Waals surface area (Å²) in [6.07, 6.45) is 4.95. The number of benzene rings is 1. The van der Waals surface area contributed by atoms with Crippen LogP contribution in [0, 0.1) is 0 Å². The van der Waals surface area contributed by atoms with Gasteiger partial charge in [-0.25, -0.2) is 4.98 Å². The molecule has 0 spiro atoms. The maximum Gasteiger partial charge on any atom is 0.128 e. The lowest BCUT2D eigenvalue weighted by Gasteiger charge is -2.29. The number of hydrogen-bond acceptors (Lipinski definition) is 2. The molecule has 1 fully saturated rings. The molecule has 0 bridgehead atoms. The Morgan fingerprint density at radius 3 is 2.65 bits per heavy atom. The van der Waals surface area contributed by atoms with Gasteiger partial charge in [-0.2, -0.15) is 0 Å². The molecule has 0 amide bonds. The average Bonchev–Trinajstić information content (AvgIpc) is 3.02. The summed E-state index contributed by atoms with van der Waals surface area (Å²) in [5.41, 5.74) is 2.28. The van der Waals surface area contributed by atoms with Gasteiger partial charge in [0.2, 0.25) is 0 Å². The van der Waals surface area contributed by atoms with Crippen molar-refractivity contribution in [2.75, 3.05) is 7.11 Å². The van der Waals surface area contributed by atoms with Gasteiger partial charge in [-0.05, 0) is 38.8 Å². The van der Waals surface area contributed by atoms with E-state index in [4.69, 9.17) is 21.3 Å². The lowest BCUT2D eigenvalue weighted by atomic mass is 9.99. The second-order valence-corrected chi connectivity index (χ2v) is 6.63. The fourth-order valence-electron chi connectivity index (χ4n) is 3.40. The zero-order chi connectivity index (χ0) is 14.3. The fourth-order valence-corrected chi connectivity index (χ4v) is 3.55. The van der Waals surface area contributed by atoms with Crippen molar-refractivity contribution in [2.45, 2.75) is 50.4 Å². The number of nitrogens with zero attached hydrogens (tertiary/aromatic N) is 2. The smallest absolute Gasteiger partial charge is 0.128 e. The molecular formula is C16H21ClN2O. The number of aromatic nitrogens is 2. The third kappa shape index (κ3) is 2.08. The van der Waals surface area contributed by atoms with Crippen LogP contribution in [0.4, 0.5) is 0 Å². The van der Waals surface area contributed by atoms with E-state index in [2.05, 4.69) is 17.6 Å². The van der Waals surface area contributed by atoms with E-state index in [1.807, 2.05) is 19.1 Å². The van der Waals surface area contributed by atoms with Gasteiger partial charge in [0.15, 0.2) is 0 Å². The first-order chi connectivity index (χ1) is 9.55. The van der Waals surface area contributed by atoms with Crippen LogP contribution in [0.25, 0.3) is 11.0 Å². The summed E-state index contributed by atoms with van der Waals surface area (Å²) >= 11 is 6.38. The van der Waals surface area contributed by atoms with Gasteiger partial charge in [0, 0.05) is 11.6 Å². The summed E-state index contributed by atoms with van der Waals surface area (Å²) in [5, 5.41) is -0.0918. The fraction of sp³-hybridized carbons (Fsp3) is 0.562. The minimum Gasteiger partial charge on any atom is -0.497 e. The standard InChI is InChI=1S/C16H21ClN2O/c1-11(17)15-18-13-10-12(20-3)6-7-14(13)19(15)16(2)8-4-5-9-16/h6-7,10-11H,4-5,8-9H2,1-3H3. The van der Waals surface area contributed by atoms with Crippen molar-refractivity contribution in [3.05, 3.63) is 24.0 Å². The molecule has 1 saturated carbocycles. The summed E-state index contributed by atoms with van der Waals surface area (Å²) in [5.74, 6) is 1.81. The zero-order valence-electron chi connectivity index (χ0n) is 12.3. The Labute approximate surface area is 124 Å². The molecule has 2 aromatic rings. The molecule has 3 nitrogen and oxygen atoms in total. The second kappa shape index (κ2) is 4.96. The highest BCUT2D eigenvalue weighted by Gasteiger charge is 2.34. The molecule has 1 aliphatic rings. The van der Waals surface area contributed by atoms with E-state index in [1.54, 1.807) is 7.11 Å². The van der Waals surface area contributed by atoms with Crippen LogP contribution in [0.1, 0.15) is 50.7 Å². The number of methoxy groups -OCH3 is 1. The Morgan fingerprint density at radius 2 is 2.05 bits per heavy atom. The second-order valence-electron chi connectivity index (χ2n) is 5.98. The van der Waals surface area contributed by atoms with Crippen LogP contribution >= 0.6 is 11.6 Å². The van der Waals surface area contributed by atoms with Crippen LogP contribution in [0.15, 0.2) is 18.2 Å². The van der Waals surface area contributed by atoms with Gasteiger partial charge in [-0.1, -0.05) is 12.8 Å². The van der Waals surface area contributed by atoms with Crippen molar-refractivity contribution in [3.63, 3.8) is 0 Å². The van der Waals surface area contributed by atoms with E-state index in [-0.39, 0.29) is 10.9 Å². The average molecular weight is 293 g/mol. The van der Waals surface area contributed by atoms with Gasteiger partial charge >= 0.3 is 0 Å². The van der Waals surface area contributed by atoms with Gasteiger partial charge in [0.1, 0.15) is 11.6 Å². The van der Waals surface area contributed by atoms with Gasteiger partial charge in [-0.15, -0.1) is 11.6 Å². The molecule has 1 atom stereocenters. The molecule has 108 valence electrons. The maximum absolute atomic E-state index is 6.38. The van der Waals surface area contributed by atoms with E-state index >= 15 is 0 Å². The first-order valence-electron chi connectivity index (χ1n) is 7.26. The Morgan fingerprint density at radius 1 is 1.35 bits per heavy atom. The number of rotatable bonds is 3. The minimum atomic E-state index is -0.0918. The molecule has 1 unspecified atom stereocenters. The quantitative estimate of drug-likeness (QED) is 0.771. The number of imidazole rings is 1. The zero-order valence-corrected chi connectivity index (χ0v) is 13.1. The molecule has 0 saturated heterocycles. The highest BCUT2D eigenvalue weighted by Crippen LogP contribution is 2.41. The number of halogens is 1. The third-order valence-electron chi connectivity index (χ3n) is 4.46. The lowest BCUT2D eigenvalue weighted by Crippen LogP contribution is -2.28. The van der Waals surface area contributed by atoms with Crippen molar-refractivity contribution in [2.24, 2.45) is 0 Å². The minimum absolute atomic E-state index is 0.0918. The van der Waals surface area contributed by atoms with Gasteiger partial charge < -0.3 is 9.30 Å². The number of hydrogen-bond donors (Lipinski definition) is 0.